The van der Waals surface area contributed by atoms with E-state index in [1.165, 1.54) is 20.0 Å². The molecule has 3 heteroatoms. The van der Waals surface area contributed by atoms with Gasteiger partial charge < -0.3 is 4.74 Å². The Kier molecular flexibility index (Phi) is 8.91. The standard InChI is InChI=1S/C13H25NO2/c1-5-8-10-14(7-3)11-9-12(6-2)13(15)16-4/h9H,5-8,10-11H2,1-4H3. The van der Waals surface area contributed by atoms with E-state index in [4.69, 9.17) is 4.74 Å². The lowest BCUT2D eigenvalue weighted by Crippen LogP contribution is -2.25. The number of esters is 1. The Morgan fingerprint density at radius 1 is 1.31 bits per heavy atom. The SMILES string of the molecule is CCCCN(CC)CC=C(CC)C(=O)OC. The van der Waals surface area contributed by atoms with Crippen LogP contribution in [-0.4, -0.2) is 37.6 Å². The van der Waals surface area contributed by atoms with E-state index in [0.717, 1.165) is 31.6 Å². The average molecular weight is 227 g/mol. The molecule has 0 heterocycles. The molecule has 0 aliphatic carbocycles. The van der Waals surface area contributed by atoms with Gasteiger partial charge in [-0.25, -0.2) is 4.79 Å². The van der Waals surface area contributed by atoms with Gasteiger partial charge in [-0.3, -0.25) is 4.90 Å². The number of rotatable bonds is 8. The van der Waals surface area contributed by atoms with Gasteiger partial charge >= 0.3 is 5.97 Å². The van der Waals surface area contributed by atoms with Gasteiger partial charge in [0.1, 0.15) is 0 Å². The number of hydrogen-bond donors (Lipinski definition) is 0. The molecule has 3 nitrogen and oxygen atoms in total. The van der Waals surface area contributed by atoms with Gasteiger partial charge in [-0.05, 0) is 25.9 Å². The largest absolute Gasteiger partial charge is 0.466 e. The molecule has 0 aliphatic rings. The van der Waals surface area contributed by atoms with Crippen LogP contribution in [0.3, 0.4) is 0 Å². The van der Waals surface area contributed by atoms with Crippen LogP contribution in [0.1, 0.15) is 40.0 Å². The van der Waals surface area contributed by atoms with Crippen molar-refractivity contribution < 1.29 is 9.53 Å². The van der Waals surface area contributed by atoms with Gasteiger partial charge in [0, 0.05) is 12.1 Å². The maximum Gasteiger partial charge on any atom is 0.333 e. The molecule has 0 spiro atoms. The Balaban J connectivity index is 4.21. The molecule has 0 aromatic carbocycles. The van der Waals surface area contributed by atoms with Crippen LogP contribution in [0.2, 0.25) is 0 Å². The van der Waals surface area contributed by atoms with E-state index in [0.29, 0.717) is 0 Å². The molecule has 0 N–H and O–H groups in total. The summed E-state index contributed by atoms with van der Waals surface area (Å²) in [5, 5.41) is 0. The Morgan fingerprint density at radius 3 is 2.44 bits per heavy atom. The van der Waals surface area contributed by atoms with E-state index < -0.39 is 0 Å². The summed E-state index contributed by atoms with van der Waals surface area (Å²) in [6.45, 7) is 9.28. The first-order chi connectivity index (χ1) is 7.69. The van der Waals surface area contributed by atoms with Gasteiger partial charge in [-0.15, -0.1) is 0 Å². The van der Waals surface area contributed by atoms with E-state index >= 15 is 0 Å². The summed E-state index contributed by atoms with van der Waals surface area (Å²) in [6, 6.07) is 0. The average Bonchev–Trinajstić information content (AvgIpc) is 2.33. The van der Waals surface area contributed by atoms with Gasteiger partial charge in [0.2, 0.25) is 0 Å². The Bertz CT molecular complexity index is 224. The molecule has 0 saturated carbocycles. The fraction of sp³-hybridized carbons (Fsp3) is 0.769. The van der Waals surface area contributed by atoms with Gasteiger partial charge in [-0.2, -0.15) is 0 Å². The molecular weight excluding hydrogens is 202 g/mol. The molecule has 16 heavy (non-hydrogen) atoms. The summed E-state index contributed by atoms with van der Waals surface area (Å²) < 4.78 is 4.72. The van der Waals surface area contributed by atoms with Gasteiger partial charge in [0.25, 0.3) is 0 Å². The summed E-state index contributed by atoms with van der Waals surface area (Å²) >= 11 is 0. The van der Waals surface area contributed by atoms with Crippen molar-refractivity contribution in [3.8, 4) is 0 Å². The normalized spacial score (nSPS) is 11.9. The Labute approximate surface area is 99.5 Å². The molecule has 0 aromatic rings. The third-order valence-electron chi connectivity index (χ3n) is 2.70. The first kappa shape index (κ1) is 15.2. The molecule has 0 unspecified atom stereocenters. The van der Waals surface area contributed by atoms with E-state index in [2.05, 4.69) is 18.7 Å². The van der Waals surface area contributed by atoms with Crippen molar-refractivity contribution in [2.24, 2.45) is 0 Å². The number of hydrogen-bond acceptors (Lipinski definition) is 3. The number of methoxy groups -OCH3 is 1. The summed E-state index contributed by atoms with van der Waals surface area (Å²) in [5.41, 5.74) is 0.775. The van der Waals surface area contributed by atoms with E-state index in [1.807, 2.05) is 13.0 Å². The van der Waals surface area contributed by atoms with E-state index in [9.17, 15) is 4.79 Å². The maximum absolute atomic E-state index is 11.3. The first-order valence-electron chi connectivity index (χ1n) is 6.19. The predicted molar refractivity (Wildman–Crippen MR) is 67.4 cm³/mol. The maximum atomic E-state index is 11.3. The van der Waals surface area contributed by atoms with Crippen molar-refractivity contribution in [1.29, 1.82) is 0 Å². The minimum Gasteiger partial charge on any atom is -0.466 e. The lowest BCUT2D eigenvalue weighted by Gasteiger charge is -2.18. The molecule has 0 aliphatic heterocycles. The van der Waals surface area contributed by atoms with Crippen LogP contribution in [0, 0.1) is 0 Å². The monoisotopic (exact) mass is 227 g/mol. The molecule has 0 amide bonds. The summed E-state index contributed by atoms with van der Waals surface area (Å²) in [7, 11) is 1.43. The topological polar surface area (TPSA) is 29.5 Å². The minimum absolute atomic E-state index is 0.200. The third kappa shape index (κ3) is 5.91. The van der Waals surface area contributed by atoms with Crippen LogP contribution in [0.4, 0.5) is 0 Å². The summed E-state index contributed by atoms with van der Waals surface area (Å²) in [4.78, 5) is 13.7. The highest BCUT2D eigenvalue weighted by Crippen LogP contribution is 2.04. The van der Waals surface area contributed by atoms with Crippen molar-refractivity contribution in [3.05, 3.63) is 11.6 Å². The molecule has 0 radical (unpaired) electrons. The lowest BCUT2D eigenvalue weighted by atomic mass is 10.2. The smallest absolute Gasteiger partial charge is 0.333 e. The van der Waals surface area contributed by atoms with Crippen LogP contribution in [0.5, 0.6) is 0 Å². The van der Waals surface area contributed by atoms with Crippen molar-refractivity contribution in [1.82, 2.24) is 4.90 Å². The molecule has 0 rings (SSSR count). The van der Waals surface area contributed by atoms with Crippen LogP contribution in [0.25, 0.3) is 0 Å². The second kappa shape index (κ2) is 9.40. The Morgan fingerprint density at radius 2 is 2.00 bits per heavy atom. The second-order valence-corrected chi connectivity index (χ2v) is 3.82. The molecule has 0 saturated heterocycles. The van der Waals surface area contributed by atoms with Gasteiger partial charge in [0.05, 0.1) is 7.11 Å². The molecule has 0 atom stereocenters. The van der Waals surface area contributed by atoms with Gasteiger partial charge in [0.15, 0.2) is 0 Å². The number of carbonyl (C=O) groups excluding carboxylic acids is 1. The lowest BCUT2D eigenvalue weighted by molar-refractivity contribution is -0.136. The zero-order valence-electron chi connectivity index (χ0n) is 11.1. The third-order valence-corrected chi connectivity index (χ3v) is 2.70. The van der Waals surface area contributed by atoms with Gasteiger partial charge in [-0.1, -0.05) is 33.3 Å². The number of carbonyl (C=O) groups is 1. The summed E-state index contributed by atoms with van der Waals surface area (Å²) in [5.74, 6) is -0.200. The van der Waals surface area contributed by atoms with Crippen molar-refractivity contribution >= 4 is 5.97 Å². The number of ether oxygens (including phenoxy) is 1. The zero-order chi connectivity index (χ0) is 12.4. The highest BCUT2D eigenvalue weighted by Gasteiger charge is 2.07. The van der Waals surface area contributed by atoms with E-state index in [1.54, 1.807) is 0 Å². The van der Waals surface area contributed by atoms with Crippen LogP contribution in [0.15, 0.2) is 11.6 Å². The van der Waals surface area contributed by atoms with Crippen molar-refractivity contribution in [2.75, 3.05) is 26.7 Å². The summed E-state index contributed by atoms with van der Waals surface area (Å²) in [6.07, 6.45) is 5.14. The first-order valence-corrected chi connectivity index (χ1v) is 6.19. The molecule has 0 aromatic heterocycles. The zero-order valence-corrected chi connectivity index (χ0v) is 11.1. The fourth-order valence-electron chi connectivity index (χ4n) is 1.50. The van der Waals surface area contributed by atoms with Crippen molar-refractivity contribution in [2.45, 2.75) is 40.0 Å². The molecular formula is C13H25NO2. The molecule has 0 fully saturated rings. The van der Waals surface area contributed by atoms with Crippen molar-refractivity contribution in [3.63, 3.8) is 0 Å². The number of unbranched alkanes of at least 4 members (excludes halogenated alkanes) is 1. The molecule has 0 bridgehead atoms. The number of nitrogens with zero attached hydrogens (tertiary/aromatic N) is 1. The number of likely N-dealkylation sites (N-methyl/N-ethyl adjacent to an activating group) is 1. The van der Waals surface area contributed by atoms with Crippen LogP contribution in [-0.2, 0) is 9.53 Å². The Hall–Kier alpha value is -0.830. The highest BCUT2D eigenvalue weighted by atomic mass is 16.5. The second-order valence-electron chi connectivity index (χ2n) is 3.82. The predicted octanol–water partition coefficient (Wildman–Crippen LogP) is 2.62. The van der Waals surface area contributed by atoms with Crippen LogP contribution < -0.4 is 0 Å². The van der Waals surface area contributed by atoms with Crippen LogP contribution >= 0.6 is 0 Å². The fourth-order valence-corrected chi connectivity index (χ4v) is 1.50. The highest BCUT2D eigenvalue weighted by molar-refractivity contribution is 5.88. The quantitative estimate of drug-likeness (QED) is 0.471. The molecule has 94 valence electrons. The van der Waals surface area contributed by atoms with E-state index in [-0.39, 0.29) is 5.97 Å². The minimum atomic E-state index is -0.200.